The van der Waals surface area contributed by atoms with Crippen LogP contribution in [0.5, 0.6) is 0 Å². The molecule has 1 aromatic rings. The van der Waals surface area contributed by atoms with Gasteiger partial charge in [-0.25, -0.2) is 0 Å². The van der Waals surface area contributed by atoms with Gasteiger partial charge in [0, 0.05) is 29.8 Å². The number of likely N-dealkylation sites (tertiary alicyclic amines) is 1. The molecule has 0 radical (unpaired) electrons. The van der Waals surface area contributed by atoms with Crippen LogP contribution in [0.2, 0.25) is 0 Å². The first-order chi connectivity index (χ1) is 10.2. The zero-order valence-corrected chi connectivity index (χ0v) is 14.5. The highest BCUT2D eigenvalue weighted by atomic mass is 79.9. The van der Waals surface area contributed by atoms with Crippen molar-refractivity contribution >= 4 is 38.5 Å². The Kier molecular flexibility index (Phi) is 6.40. The lowest BCUT2D eigenvalue weighted by molar-refractivity contribution is 0.278. The fourth-order valence-corrected chi connectivity index (χ4v) is 3.28. The van der Waals surface area contributed by atoms with Gasteiger partial charge in [0.1, 0.15) is 0 Å². The Hall–Kier alpha value is -1.19. The molecule has 1 fully saturated rings. The SMILES string of the molecule is CSC(=NC#N)N1CCC(CNc2ccc(Br)cc2)CC1. The minimum atomic E-state index is 0.676. The van der Waals surface area contributed by atoms with Crippen molar-refractivity contribution < 1.29 is 0 Å². The molecular formula is C15H19BrN4S. The van der Waals surface area contributed by atoms with Crippen LogP contribution in [0.1, 0.15) is 12.8 Å². The molecule has 0 aromatic heterocycles. The van der Waals surface area contributed by atoms with E-state index in [0.29, 0.717) is 5.92 Å². The second-order valence-electron chi connectivity index (χ2n) is 5.02. The van der Waals surface area contributed by atoms with Crippen molar-refractivity contribution in [1.82, 2.24) is 4.90 Å². The molecule has 0 unspecified atom stereocenters. The Bertz CT molecular complexity index is 515. The number of halogens is 1. The zero-order valence-electron chi connectivity index (χ0n) is 12.1. The minimum absolute atomic E-state index is 0.676. The van der Waals surface area contributed by atoms with Crippen LogP contribution in [0.15, 0.2) is 33.7 Å². The Balaban J connectivity index is 1.78. The number of nitriles is 1. The number of piperidine rings is 1. The molecule has 2 rings (SSSR count). The summed E-state index contributed by atoms with van der Waals surface area (Å²) >= 11 is 4.99. The van der Waals surface area contributed by atoms with Gasteiger partial charge >= 0.3 is 0 Å². The van der Waals surface area contributed by atoms with Gasteiger partial charge in [0.15, 0.2) is 5.17 Å². The van der Waals surface area contributed by atoms with E-state index in [2.05, 4.69) is 43.3 Å². The summed E-state index contributed by atoms with van der Waals surface area (Å²) in [5, 5.41) is 13.0. The highest BCUT2D eigenvalue weighted by molar-refractivity contribution is 9.10. The van der Waals surface area contributed by atoms with Crippen LogP contribution < -0.4 is 5.32 Å². The molecule has 0 bridgehead atoms. The molecular weight excluding hydrogens is 348 g/mol. The number of hydrogen-bond donors (Lipinski definition) is 1. The van der Waals surface area contributed by atoms with Gasteiger partial charge in [0.2, 0.25) is 6.19 Å². The summed E-state index contributed by atoms with van der Waals surface area (Å²) in [6, 6.07) is 8.28. The van der Waals surface area contributed by atoms with Crippen LogP contribution in [0.4, 0.5) is 5.69 Å². The number of aliphatic imine (C=N–C) groups is 1. The Morgan fingerprint density at radius 3 is 2.67 bits per heavy atom. The third-order valence-corrected chi connectivity index (χ3v) is 4.90. The fourth-order valence-electron chi connectivity index (χ4n) is 2.45. The molecule has 0 amide bonds. The molecule has 0 aliphatic carbocycles. The quantitative estimate of drug-likeness (QED) is 0.502. The molecule has 4 nitrogen and oxygen atoms in total. The zero-order chi connectivity index (χ0) is 15.1. The first-order valence-electron chi connectivity index (χ1n) is 6.98. The lowest BCUT2D eigenvalue weighted by atomic mass is 9.97. The number of rotatable bonds is 3. The van der Waals surface area contributed by atoms with Crippen molar-refractivity contribution in [1.29, 1.82) is 5.26 Å². The summed E-state index contributed by atoms with van der Waals surface area (Å²) in [7, 11) is 0. The van der Waals surface area contributed by atoms with Crippen LogP contribution in [-0.2, 0) is 0 Å². The first-order valence-corrected chi connectivity index (χ1v) is 9.00. The van der Waals surface area contributed by atoms with Crippen molar-refractivity contribution in [2.75, 3.05) is 31.2 Å². The van der Waals surface area contributed by atoms with Crippen molar-refractivity contribution in [3.63, 3.8) is 0 Å². The van der Waals surface area contributed by atoms with Crippen LogP contribution in [-0.4, -0.2) is 36.0 Å². The third kappa shape index (κ3) is 4.94. The summed E-state index contributed by atoms with van der Waals surface area (Å²) in [6.07, 6.45) is 6.12. The van der Waals surface area contributed by atoms with E-state index in [1.165, 1.54) is 0 Å². The van der Waals surface area contributed by atoms with E-state index >= 15 is 0 Å². The average Bonchev–Trinajstić information content (AvgIpc) is 2.53. The Morgan fingerprint density at radius 2 is 2.10 bits per heavy atom. The molecule has 1 aliphatic rings. The number of hydrogen-bond acceptors (Lipinski definition) is 4. The van der Waals surface area contributed by atoms with Gasteiger partial charge in [-0.2, -0.15) is 5.26 Å². The monoisotopic (exact) mass is 366 g/mol. The van der Waals surface area contributed by atoms with Crippen molar-refractivity contribution in [2.24, 2.45) is 10.9 Å². The number of anilines is 1. The summed E-state index contributed by atoms with van der Waals surface area (Å²) in [4.78, 5) is 6.10. The number of amidine groups is 1. The molecule has 0 saturated carbocycles. The van der Waals surface area contributed by atoms with Gasteiger partial charge in [0.05, 0.1) is 0 Å². The van der Waals surface area contributed by atoms with E-state index < -0.39 is 0 Å². The molecule has 1 heterocycles. The highest BCUT2D eigenvalue weighted by Crippen LogP contribution is 2.21. The van der Waals surface area contributed by atoms with E-state index in [0.717, 1.165) is 47.8 Å². The molecule has 1 saturated heterocycles. The van der Waals surface area contributed by atoms with Gasteiger partial charge in [-0.15, -0.1) is 4.99 Å². The Labute approximate surface area is 138 Å². The smallest absolute Gasteiger partial charge is 0.208 e. The maximum Gasteiger partial charge on any atom is 0.208 e. The topological polar surface area (TPSA) is 51.4 Å². The van der Waals surface area contributed by atoms with Crippen molar-refractivity contribution in [2.45, 2.75) is 12.8 Å². The van der Waals surface area contributed by atoms with E-state index in [-0.39, 0.29) is 0 Å². The summed E-state index contributed by atoms with van der Waals surface area (Å²) < 4.78 is 1.10. The molecule has 21 heavy (non-hydrogen) atoms. The predicted molar refractivity (Wildman–Crippen MR) is 93.5 cm³/mol. The molecule has 1 aromatic carbocycles. The molecule has 1 aliphatic heterocycles. The standard InChI is InChI=1S/C15H19BrN4S/c1-21-15(19-11-17)20-8-6-12(7-9-20)10-18-14-4-2-13(16)3-5-14/h2-5,12,18H,6-10H2,1H3. The summed E-state index contributed by atoms with van der Waals surface area (Å²) in [5.41, 5.74) is 1.16. The lowest BCUT2D eigenvalue weighted by Crippen LogP contribution is -2.38. The number of nitrogens with one attached hydrogen (secondary N) is 1. The maximum absolute atomic E-state index is 8.69. The van der Waals surface area contributed by atoms with E-state index in [9.17, 15) is 0 Å². The molecule has 0 spiro atoms. The summed E-state index contributed by atoms with van der Waals surface area (Å²) in [6.45, 7) is 2.96. The maximum atomic E-state index is 8.69. The largest absolute Gasteiger partial charge is 0.385 e. The van der Waals surface area contributed by atoms with Crippen LogP contribution in [0, 0.1) is 17.4 Å². The van der Waals surface area contributed by atoms with Gasteiger partial charge in [-0.3, -0.25) is 0 Å². The van der Waals surface area contributed by atoms with E-state index in [1.54, 1.807) is 11.8 Å². The van der Waals surface area contributed by atoms with Gasteiger partial charge in [0.25, 0.3) is 0 Å². The van der Waals surface area contributed by atoms with Gasteiger partial charge < -0.3 is 10.2 Å². The highest BCUT2D eigenvalue weighted by Gasteiger charge is 2.21. The van der Waals surface area contributed by atoms with Crippen LogP contribution >= 0.6 is 27.7 Å². The number of thioether (sulfide) groups is 1. The molecule has 112 valence electrons. The second kappa shape index (κ2) is 8.30. The summed E-state index contributed by atoms with van der Waals surface area (Å²) in [5.74, 6) is 0.676. The van der Waals surface area contributed by atoms with Crippen molar-refractivity contribution in [3.8, 4) is 6.19 Å². The first kappa shape index (κ1) is 16.2. The third-order valence-electron chi connectivity index (χ3n) is 3.65. The Morgan fingerprint density at radius 1 is 1.43 bits per heavy atom. The number of benzene rings is 1. The fraction of sp³-hybridized carbons (Fsp3) is 0.467. The van der Waals surface area contributed by atoms with Crippen LogP contribution in [0.3, 0.4) is 0 Å². The molecule has 0 atom stereocenters. The van der Waals surface area contributed by atoms with Gasteiger partial charge in [-0.05, 0) is 49.3 Å². The lowest BCUT2D eigenvalue weighted by Gasteiger charge is -2.33. The molecule has 1 N–H and O–H groups in total. The van der Waals surface area contributed by atoms with Crippen molar-refractivity contribution in [3.05, 3.63) is 28.7 Å². The van der Waals surface area contributed by atoms with Crippen LogP contribution in [0.25, 0.3) is 0 Å². The normalized spacial score (nSPS) is 16.6. The average molecular weight is 367 g/mol. The minimum Gasteiger partial charge on any atom is -0.385 e. The van der Waals surface area contributed by atoms with E-state index in [4.69, 9.17) is 5.26 Å². The number of nitrogens with zero attached hydrogens (tertiary/aromatic N) is 3. The van der Waals surface area contributed by atoms with Gasteiger partial charge in [-0.1, -0.05) is 27.7 Å². The second-order valence-corrected chi connectivity index (χ2v) is 6.71. The molecule has 6 heteroatoms. The predicted octanol–water partition coefficient (Wildman–Crippen LogP) is 3.77. The van der Waals surface area contributed by atoms with E-state index in [1.807, 2.05) is 24.6 Å².